The summed E-state index contributed by atoms with van der Waals surface area (Å²) < 4.78 is 15.7. The number of ether oxygens (including phenoxy) is 3. The summed E-state index contributed by atoms with van der Waals surface area (Å²) >= 11 is 5.83. The molecule has 3 aromatic rings. The Morgan fingerprint density at radius 3 is 2.45 bits per heavy atom. The van der Waals surface area contributed by atoms with E-state index in [0.717, 1.165) is 0 Å². The van der Waals surface area contributed by atoms with Gasteiger partial charge >= 0.3 is 5.97 Å². The number of hydrogen-bond donors (Lipinski definition) is 1. The Morgan fingerprint density at radius 1 is 0.974 bits per heavy atom. The highest BCUT2D eigenvalue weighted by Gasteiger charge is 2.36. The number of carbonyl (C=O) groups is 4. The van der Waals surface area contributed by atoms with E-state index in [9.17, 15) is 19.2 Å². The molecule has 0 radical (unpaired) electrons. The Labute approximate surface area is 224 Å². The predicted octanol–water partition coefficient (Wildman–Crippen LogP) is 4.39. The maximum atomic E-state index is 13.0. The number of hydrogen-bond acceptors (Lipinski definition) is 7. The molecular formula is C28H25ClN2O7. The first-order chi connectivity index (χ1) is 18.3. The van der Waals surface area contributed by atoms with Gasteiger partial charge in [0.2, 0.25) is 5.91 Å². The maximum absolute atomic E-state index is 13.0. The van der Waals surface area contributed by atoms with E-state index in [-0.39, 0.29) is 24.7 Å². The molecule has 2 amide bonds. The molecule has 9 nitrogen and oxygen atoms in total. The molecule has 10 heteroatoms. The molecule has 0 unspecified atom stereocenters. The first kappa shape index (κ1) is 26.7. The Hall–Kier alpha value is -4.37. The highest BCUT2D eigenvalue weighted by molar-refractivity contribution is 6.30. The van der Waals surface area contributed by atoms with Gasteiger partial charge in [0.05, 0.1) is 25.8 Å². The highest BCUT2D eigenvalue weighted by atomic mass is 35.5. The van der Waals surface area contributed by atoms with E-state index in [1.54, 1.807) is 66.7 Å². The Bertz CT molecular complexity index is 1370. The van der Waals surface area contributed by atoms with E-state index < -0.39 is 24.4 Å². The van der Waals surface area contributed by atoms with Crippen LogP contribution in [0.1, 0.15) is 27.1 Å². The van der Waals surface area contributed by atoms with Crippen LogP contribution in [0.4, 0.5) is 11.4 Å². The quantitative estimate of drug-likeness (QED) is 0.319. The second kappa shape index (κ2) is 11.8. The van der Waals surface area contributed by atoms with Crippen LogP contribution in [0.5, 0.6) is 11.5 Å². The number of halogens is 1. The van der Waals surface area contributed by atoms with Crippen LogP contribution in [0, 0.1) is 5.92 Å². The number of methoxy groups -OCH3 is 2. The van der Waals surface area contributed by atoms with Gasteiger partial charge in [-0.2, -0.15) is 0 Å². The van der Waals surface area contributed by atoms with Crippen molar-refractivity contribution in [3.05, 3.63) is 82.9 Å². The standard InChI is InChI=1S/C28H25ClN2O7/c1-36-22-10-11-25(37-2)23(14-22)30-27(34)18-4-3-5-21(12-18)31-15-19(13-26(31)33)28(35)38-16-24(32)17-6-8-20(29)9-7-17/h3-12,14,19H,13,15-16H2,1-2H3,(H,30,34)/t19-/m1/s1. The van der Waals surface area contributed by atoms with Gasteiger partial charge in [0.15, 0.2) is 12.4 Å². The summed E-state index contributed by atoms with van der Waals surface area (Å²) in [5.41, 5.74) is 1.57. The lowest BCUT2D eigenvalue weighted by atomic mass is 10.1. The minimum Gasteiger partial charge on any atom is -0.497 e. The number of amides is 2. The molecule has 1 atom stereocenters. The molecule has 0 spiro atoms. The van der Waals surface area contributed by atoms with E-state index in [2.05, 4.69) is 5.32 Å². The number of esters is 1. The molecule has 4 rings (SSSR count). The van der Waals surface area contributed by atoms with Crippen molar-refractivity contribution in [1.82, 2.24) is 0 Å². The Morgan fingerprint density at radius 2 is 1.74 bits per heavy atom. The van der Waals surface area contributed by atoms with Gasteiger partial charge in [-0.3, -0.25) is 19.2 Å². The van der Waals surface area contributed by atoms with E-state index in [1.165, 1.54) is 19.1 Å². The van der Waals surface area contributed by atoms with Crippen molar-refractivity contribution in [2.45, 2.75) is 6.42 Å². The van der Waals surface area contributed by atoms with Gasteiger partial charge in [-0.15, -0.1) is 0 Å². The van der Waals surface area contributed by atoms with E-state index >= 15 is 0 Å². The summed E-state index contributed by atoms with van der Waals surface area (Å²) in [6.45, 7) is -0.365. The maximum Gasteiger partial charge on any atom is 0.311 e. The number of rotatable bonds is 9. The fraction of sp³-hybridized carbons (Fsp3) is 0.214. The molecule has 0 bridgehead atoms. The zero-order valence-electron chi connectivity index (χ0n) is 20.7. The summed E-state index contributed by atoms with van der Waals surface area (Å²) in [5.74, 6) is -1.44. The number of anilines is 2. The normalized spacial score (nSPS) is 14.7. The summed E-state index contributed by atoms with van der Waals surface area (Å²) in [6.07, 6.45) is -0.0641. The van der Waals surface area contributed by atoms with Crippen molar-refractivity contribution in [3.63, 3.8) is 0 Å². The van der Waals surface area contributed by atoms with Gasteiger partial charge < -0.3 is 24.4 Å². The van der Waals surface area contributed by atoms with Crippen molar-refractivity contribution < 1.29 is 33.4 Å². The van der Waals surface area contributed by atoms with Gasteiger partial charge in [-0.1, -0.05) is 17.7 Å². The van der Waals surface area contributed by atoms with E-state index in [4.69, 9.17) is 25.8 Å². The van der Waals surface area contributed by atoms with Gasteiger partial charge in [0.1, 0.15) is 11.5 Å². The number of nitrogens with one attached hydrogen (secondary N) is 1. The summed E-state index contributed by atoms with van der Waals surface area (Å²) in [5, 5.41) is 3.28. The zero-order chi connectivity index (χ0) is 27.2. The molecule has 1 aliphatic heterocycles. The monoisotopic (exact) mass is 536 g/mol. The molecule has 1 aliphatic rings. The number of benzene rings is 3. The number of carbonyl (C=O) groups excluding carboxylic acids is 4. The van der Waals surface area contributed by atoms with Gasteiger partial charge in [0, 0.05) is 40.9 Å². The van der Waals surface area contributed by atoms with Crippen molar-refractivity contribution in [3.8, 4) is 11.5 Å². The average Bonchev–Trinajstić information content (AvgIpc) is 3.33. The summed E-state index contributed by atoms with van der Waals surface area (Å²) in [4.78, 5) is 52.0. The Balaban J connectivity index is 1.40. The van der Waals surface area contributed by atoms with Crippen LogP contribution in [0.15, 0.2) is 66.7 Å². The molecule has 196 valence electrons. The largest absolute Gasteiger partial charge is 0.497 e. The smallest absolute Gasteiger partial charge is 0.311 e. The lowest BCUT2D eigenvalue weighted by Gasteiger charge is -2.18. The first-order valence-electron chi connectivity index (χ1n) is 11.7. The van der Waals surface area contributed by atoms with Crippen LogP contribution in [0.25, 0.3) is 0 Å². The molecule has 1 saturated heterocycles. The second-order valence-corrected chi connectivity index (χ2v) is 8.95. The van der Waals surface area contributed by atoms with E-state index in [1.807, 2.05) is 0 Å². The third-order valence-electron chi connectivity index (χ3n) is 6.04. The van der Waals surface area contributed by atoms with Crippen molar-refractivity contribution in [2.24, 2.45) is 5.92 Å². The van der Waals surface area contributed by atoms with Crippen LogP contribution in [0.2, 0.25) is 5.02 Å². The van der Waals surface area contributed by atoms with Crippen LogP contribution in [-0.4, -0.2) is 50.9 Å². The molecule has 38 heavy (non-hydrogen) atoms. The predicted molar refractivity (Wildman–Crippen MR) is 141 cm³/mol. The second-order valence-electron chi connectivity index (χ2n) is 8.51. The molecule has 1 heterocycles. The number of Topliss-reactive ketones (excluding diaryl/α,β-unsaturated/α-hetero) is 1. The molecule has 3 aromatic carbocycles. The fourth-order valence-corrected chi connectivity index (χ4v) is 4.14. The third-order valence-corrected chi connectivity index (χ3v) is 6.30. The van der Waals surface area contributed by atoms with Gasteiger partial charge in [0.25, 0.3) is 5.91 Å². The van der Waals surface area contributed by atoms with Crippen molar-refractivity contribution in [1.29, 1.82) is 0 Å². The number of ketones is 1. The van der Waals surface area contributed by atoms with Crippen LogP contribution in [-0.2, 0) is 14.3 Å². The van der Waals surface area contributed by atoms with Crippen LogP contribution >= 0.6 is 11.6 Å². The molecule has 1 fully saturated rings. The molecule has 0 aromatic heterocycles. The molecular weight excluding hydrogens is 512 g/mol. The average molecular weight is 537 g/mol. The minimum atomic E-state index is -0.737. The third kappa shape index (κ3) is 6.12. The van der Waals surface area contributed by atoms with E-state index in [0.29, 0.717) is 39.0 Å². The van der Waals surface area contributed by atoms with Crippen molar-refractivity contribution in [2.75, 3.05) is 37.6 Å². The first-order valence-corrected chi connectivity index (χ1v) is 12.1. The molecule has 1 N–H and O–H groups in total. The fourth-order valence-electron chi connectivity index (χ4n) is 4.01. The highest BCUT2D eigenvalue weighted by Crippen LogP contribution is 2.30. The SMILES string of the molecule is COc1ccc(OC)c(NC(=O)c2cccc(N3C[C@H](C(=O)OCC(=O)c4ccc(Cl)cc4)CC3=O)c2)c1. The lowest BCUT2D eigenvalue weighted by Crippen LogP contribution is -2.27. The minimum absolute atomic E-state index is 0.0641. The van der Waals surface area contributed by atoms with Gasteiger partial charge in [-0.25, -0.2) is 0 Å². The summed E-state index contributed by atoms with van der Waals surface area (Å²) in [6, 6.07) is 17.8. The topological polar surface area (TPSA) is 111 Å². The van der Waals surface area contributed by atoms with Crippen LogP contribution in [0.3, 0.4) is 0 Å². The Kier molecular flexibility index (Phi) is 8.28. The van der Waals surface area contributed by atoms with Gasteiger partial charge in [-0.05, 0) is 54.6 Å². The zero-order valence-corrected chi connectivity index (χ0v) is 21.5. The van der Waals surface area contributed by atoms with Crippen LogP contribution < -0.4 is 19.7 Å². The molecule has 0 saturated carbocycles. The molecule has 0 aliphatic carbocycles. The summed E-state index contributed by atoms with van der Waals surface area (Å²) in [7, 11) is 3.01. The number of nitrogens with zero attached hydrogens (tertiary/aromatic N) is 1. The van der Waals surface area contributed by atoms with Crippen molar-refractivity contribution >= 4 is 46.5 Å². The lowest BCUT2D eigenvalue weighted by molar-refractivity contribution is -0.147.